The van der Waals surface area contributed by atoms with Crippen molar-refractivity contribution in [3.63, 3.8) is 0 Å². The third-order valence-electron chi connectivity index (χ3n) is 6.57. The predicted molar refractivity (Wildman–Crippen MR) is 164 cm³/mol. The van der Waals surface area contributed by atoms with Gasteiger partial charge in [0, 0.05) is 29.1 Å². The molecule has 2 atom stereocenters. The molecular formula is C30H35Cl2N3O5S. The summed E-state index contributed by atoms with van der Waals surface area (Å²) >= 11 is 12.3. The van der Waals surface area contributed by atoms with Gasteiger partial charge in [0.15, 0.2) is 0 Å². The smallest absolute Gasteiger partial charge is 0.244 e. The van der Waals surface area contributed by atoms with Crippen LogP contribution in [0.1, 0.15) is 31.4 Å². The van der Waals surface area contributed by atoms with Crippen LogP contribution in [0.15, 0.2) is 72.8 Å². The fraction of sp³-hybridized carbons (Fsp3) is 0.333. The average molecular weight is 621 g/mol. The van der Waals surface area contributed by atoms with Crippen LogP contribution in [0.2, 0.25) is 10.0 Å². The highest BCUT2D eigenvalue weighted by Gasteiger charge is 2.33. The highest BCUT2D eigenvalue weighted by atomic mass is 35.5. The summed E-state index contributed by atoms with van der Waals surface area (Å²) in [4.78, 5) is 29.3. The minimum atomic E-state index is -3.94. The molecule has 0 fully saturated rings. The number of hydrogen-bond donors (Lipinski definition) is 1. The Labute approximate surface area is 252 Å². The molecule has 3 aromatic rings. The lowest BCUT2D eigenvalue weighted by Gasteiger charge is -2.34. The summed E-state index contributed by atoms with van der Waals surface area (Å²) in [6, 6.07) is 19.8. The van der Waals surface area contributed by atoms with Crippen molar-refractivity contribution in [2.24, 2.45) is 0 Å². The number of sulfonamides is 1. The zero-order chi connectivity index (χ0) is 30.2. The molecule has 0 heterocycles. The van der Waals surface area contributed by atoms with Gasteiger partial charge in [-0.2, -0.15) is 0 Å². The number of carbonyl (C=O) groups excluding carboxylic acids is 2. The first-order chi connectivity index (χ1) is 19.4. The number of nitrogens with one attached hydrogen (secondary N) is 1. The van der Waals surface area contributed by atoms with Gasteiger partial charge in [-0.15, -0.1) is 0 Å². The molecule has 3 aromatic carbocycles. The van der Waals surface area contributed by atoms with Gasteiger partial charge in [-0.05, 0) is 54.8 Å². The molecule has 0 aromatic heterocycles. The maximum Gasteiger partial charge on any atom is 0.244 e. The van der Waals surface area contributed by atoms with Crippen LogP contribution in [0.4, 0.5) is 5.69 Å². The van der Waals surface area contributed by atoms with E-state index in [2.05, 4.69) is 5.32 Å². The van der Waals surface area contributed by atoms with Gasteiger partial charge in [-0.25, -0.2) is 8.42 Å². The van der Waals surface area contributed by atoms with Crippen molar-refractivity contribution in [3.05, 3.63) is 94.0 Å². The summed E-state index contributed by atoms with van der Waals surface area (Å²) < 4.78 is 32.1. The van der Waals surface area contributed by atoms with Crippen LogP contribution < -0.4 is 14.4 Å². The van der Waals surface area contributed by atoms with E-state index in [-0.39, 0.29) is 40.6 Å². The number of methoxy groups -OCH3 is 1. The van der Waals surface area contributed by atoms with Crippen LogP contribution in [-0.4, -0.2) is 57.1 Å². The third-order valence-corrected chi connectivity index (χ3v) is 8.15. The van der Waals surface area contributed by atoms with Crippen molar-refractivity contribution in [1.82, 2.24) is 10.2 Å². The number of hydrogen-bond acceptors (Lipinski definition) is 5. The molecule has 2 amide bonds. The molecule has 0 bridgehead atoms. The Morgan fingerprint density at radius 3 is 2.17 bits per heavy atom. The van der Waals surface area contributed by atoms with Gasteiger partial charge in [0.25, 0.3) is 0 Å². The highest BCUT2D eigenvalue weighted by Crippen LogP contribution is 2.28. The molecule has 1 N–H and O–H groups in total. The van der Waals surface area contributed by atoms with Crippen molar-refractivity contribution in [1.29, 1.82) is 0 Å². The number of rotatable bonds is 13. The monoisotopic (exact) mass is 619 g/mol. The number of benzene rings is 3. The SMILES string of the molecule is CC[C@@H](C)NC(=O)[C@H](Cc1ccccc1)N(Cc1cccc(OC)c1)C(=O)CN(c1cc(Cl)cc(Cl)c1)S(C)(=O)=O. The van der Waals surface area contributed by atoms with Crippen molar-refractivity contribution in [2.45, 2.75) is 45.3 Å². The summed E-state index contributed by atoms with van der Waals surface area (Å²) in [5.74, 6) is -0.323. The molecule has 41 heavy (non-hydrogen) atoms. The summed E-state index contributed by atoms with van der Waals surface area (Å²) in [7, 11) is -2.40. The van der Waals surface area contributed by atoms with Crippen LogP contribution >= 0.6 is 23.2 Å². The molecule has 0 saturated heterocycles. The Morgan fingerprint density at radius 2 is 1.59 bits per heavy atom. The fourth-order valence-corrected chi connectivity index (χ4v) is 5.61. The van der Waals surface area contributed by atoms with E-state index in [1.54, 1.807) is 25.3 Å². The van der Waals surface area contributed by atoms with Crippen LogP contribution in [0.25, 0.3) is 0 Å². The van der Waals surface area contributed by atoms with Crippen LogP contribution in [0.3, 0.4) is 0 Å². The normalized spacial score (nSPS) is 12.7. The largest absolute Gasteiger partial charge is 0.497 e. The molecular weight excluding hydrogens is 585 g/mol. The first-order valence-corrected chi connectivity index (χ1v) is 15.7. The van der Waals surface area contributed by atoms with Crippen molar-refractivity contribution in [2.75, 3.05) is 24.2 Å². The van der Waals surface area contributed by atoms with Gasteiger partial charge >= 0.3 is 0 Å². The topological polar surface area (TPSA) is 96.0 Å². The number of halogens is 2. The Morgan fingerprint density at radius 1 is 0.951 bits per heavy atom. The predicted octanol–water partition coefficient (Wildman–Crippen LogP) is 5.32. The second-order valence-corrected chi connectivity index (χ2v) is 12.6. The maximum atomic E-state index is 14.1. The van der Waals surface area contributed by atoms with Gasteiger partial charge in [0.2, 0.25) is 21.8 Å². The van der Waals surface area contributed by atoms with Gasteiger partial charge in [-0.1, -0.05) is 72.6 Å². The molecule has 8 nitrogen and oxygen atoms in total. The van der Waals surface area contributed by atoms with Crippen LogP contribution in [-0.2, 0) is 32.6 Å². The van der Waals surface area contributed by atoms with E-state index in [1.165, 1.54) is 23.1 Å². The molecule has 0 aliphatic heterocycles. The van der Waals surface area contributed by atoms with E-state index in [4.69, 9.17) is 27.9 Å². The van der Waals surface area contributed by atoms with Crippen LogP contribution in [0, 0.1) is 0 Å². The minimum absolute atomic E-state index is 0.0371. The minimum Gasteiger partial charge on any atom is -0.497 e. The average Bonchev–Trinajstić information content (AvgIpc) is 2.92. The molecule has 0 saturated carbocycles. The number of ether oxygens (including phenoxy) is 1. The molecule has 3 rings (SSSR count). The van der Waals surface area contributed by atoms with E-state index in [9.17, 15) is 18.0 Å². The lowest BCUT2D eigenvalue weighted by Crippen LogP contribution is -2.54. The van der Waals surface area contributed by atoms with Crippen molar-refractivity contribution in [3.8, 4) is 5.75 Å². The molecule has 11 heteroatoms. The number of amides is 2. The zero-order valence-corrected chi connectivity index (χ0v) is 25.8. The summed E-state index contributed by atoms with van der Waals surface area (Å²) in [6.45, 7) is 3.31. The number of nitrogens with zero attached hydrogens (tertiary/aromatic N) is 2. The second kappa shape index (κ2) is 14.6. The highest BCUT2D eigenvalue weighted by molar-refractivity contribution is 7.92. The van der Waals surface area contributed by atoms with E-state index >= 15 is 0 Å². The van der Waals surface area contributed by atoms with Crippen molar-refractivity contribution < 1.29 is 22.7 Å². The van der Waals surface area contributed by atoms with E-state index in [1.807, 2.05) is 50.2 Å². The number of anilines is 1. The third kappa shape index (κ3) is 9.38. The maximum absolute atomic E-state index is 14.1. The first kappa shape index (κ1) is 32.2. The second-order valence-electron chi connectivity index (χ2n) is 9.79. The van der Waals surface area contributed by atoms with E-state index in [0.717, 1.165) is 16.1 Å². The Kier molecular flexibility index (Phi) is 11.5. The lowest BCUT2D eigenvalue weighted by molar-refractivity contribution is -0.140. The Bertz CT molecular complexity index is 1430. The molecule has 220 valence electrons. The van der Waals surface area contributed by atoms with Gasteiger partial charge in [-0.3, -0.25) is 13.9 Å². The summed E-state index contributed by atoms with van der Waals surface area (Å²) in [5, 5.41) is 3.44. The van der Waals surface area contributed by atoms with E-state index in [0.29, 0.717) is 17.7 Å². The quantitative estimate of drug-likeness (QED) is 0.279. The molecule has 0 aliphatic rings. The van der Waals surface area contributed by atoms with E-state index < -0.39 is 28.5 Å². The van der Waals surface area contributed by atoms with Gasteiger partial charge in [0.05, 0.1) is 19.1 Å². The fourth-order valence-electron chi connectivity index (χ4n) is 4.26. The molecule has 0 unspecified atom stereocenters. The van der Waals surface area contributed by atoms with Gasteiger partial charge in [0.1, 0.15) is 18.3 Å². The first-order valence-electron chi connectivity index (χ1n) is 13.1. The Hall–Kier alpha value is -3.27. The molecule has 0 aliphatic carbocycles. The zero-order valence-electron chi connectivity index (χ0n) is 23.5. The number of carbonyl (C=O) groups is 2. The summed E-state index contributed by atoms with van der Waals surface area (Å²) in [5.41, 5.74) is 1.70. The standard InChI is InChI=1S/C30H35Cl2N3O5S/c1-5-21(2)33-30(37)28(15-22-10-7-6-8-11-22)34(19-23-12-9-13-27(14-23)40-3)29(36)20-35(41(4,38)39)26-17-24(31)16-25(32)18-26/h6-14,16-18,21,28H,5,15,19-20H2,1-4H3,(H,33,37)/t21-,28+/m1/s1. The van der Waals surface area contributed by atoms with Gasteiger partial charge < -0.3 is 15.0 Å². The summed E-state index contributed by atoms with van der Waals surface area (Å²) in [6.07, 6.45) is 1.92. The molecule has 0 radical (unpaired) electrons. The Balaban J connectivity index is 2.09. The molecule has 0 spiro atoms. The lowest BCUT2D eigenvalue weighted by atomic mass is 10.0. The van der Waals surface area contributed by atoms with Crippen molar-refractivity contribution >= 4 is 50.7 Å². The van der Waals surface area contributed by atoms with Crippen LogP contribution in [0.5, 0.6) is 5.75 Å².